The quantitative estimate of drug-likeness (QED) is 0.539. The molecule has 1 saturated carbocycles. The summed E-state index contributed by atoms with van der Waals surface area (Å²) in [5.74, 6) is 3.05. The van der Waals surface area contributed by atoms with Crippen LogP contribution in [0.5, 0.6) is 0 Å². The molecule has 2 fully saturated rings. The minimum absolute atomic E-state index is 0.584. The maximum absolute atomic E-state index is 5.98. The lowest BCUT2D eigenvalue weighted by molar-refractivity contribution is 0.0906. The van der Waals surface area contributed by atoms with Crippen LogP contribution in [0.15, 0.2) is 65.7 Å². The van der Waals surface area contributed by atoms with Crippen LogP contribution < -0.4 is 5.32 Å². The van der Waals surface area contributed by atoms with E-state index in [2.05, 4.69) is 71.7 Å². The van der Waals surface area contributed by atoms with E-state index in [0.717, 1.165) is 38.7 Å². The van der Waals surface area contributed by atoms with Gasteiger partial charge in [-0.1, -0.05) is 60.7 Å². The summed E-state index contributed by atoms with van der Waals surface area (Å²) in [5.41, 5.74) is 2.71. The van der Waals surface area contributed by atoms with Crippen molar-refractivity contribution in [1.82, 2.24) is 10.2 Å². The van der Waals surface area contributed by atoms with Gasteiger partial charge in [-0.2, -0.15) is 0 Å². The second-order valence-electron chi connectivity index (χ2n) is 8.31. The van der Waals surface area contributed by atoms with E-state index in [9.17, 15) is 0 Å². The lowest BCUT2D eigenvalue weighted by Gasteiger charge is -2.21. The van der Waals surface area contributed by atoms with Crippen molar-refractivity contribution in [2.75, 3.05) is 32.8 Å². The lowest BCUT2D eigenvalue weighted by atomic mass is 10.1. The molecule has 0 aromatic heterocycles. The van der Waals surface area contributed by atoms with Crippen LogP contribution in [0, 0.1) is 11.8 Å². The Balaban J connectivity index is 1.24. The molecule has 3 unspecified atom stereocenters. The highest BCUT2D eigenvalue weighted by Gasteiger charge is 2.38. The second-order valence-corrected chi connectivity index (χ2v) is 8.31. The number of guanidine groups is 1. The summed E-state index contributed by atoms with van der Waals surface area (Å²) in [6.07, 6.45) is 2.44. The van der Waals surface area contributed by atoms with Crippen LogP contribution in [0.2, 0.25) is 0 Å². The van der Waals surface area contributed by atoms with Crippen LogP contribution in [-0.4, -0.2) is 43.6 Å². The molecule has 1 N–H and O–H groups in total. The van der Waals surface area contributed by atoms with Gasteiger partial charge in [0.15, 0.2) is 5.96 Å². The average Bonchev–Trinajstić information content (AvgIpc) is 3.40. The normalized spacial score (nSPS) is 24.0. The molecular weight excluding hydrogens is 358 g/mol. The number of ether oxygens (including phenoxy) is 1. The molecule has 29 heavy (non-hydrogen) atoms. The monoisotopic (exact) mass is 391 g/mol. The summed E-state index contributed by atoms with van der Waals surface area (Å²) >= 11 is 0. The molecule has 0 bridgehead atoms. The van der Waals surface area contributed by atoms with Crippen LogP contribution in [0.3, 0.4) is 0 Å². The largest absolute Gasteiger partial charge is 0.376 e. The van der Waals surface area contributed by atoms with Gasteiger partial charge in [-0.15, -0.1) is 0 Å². The maximum Gasteiger partial charge on any atom is 0.193 e. The molecule has 4 heteroatoms. The van der Waals surface area contributed by atoms with Crippen molar-refractivity contribution in [3.63, 3.8) is 0 Å². The third-order valence-electron chi connectivity index (χ3n) is 6.01. The number of aliphatic imine (C=N–C) groups is 1. The van der Waals surface area contributed by atoms with Gasteiger partial charge >= 0.3 is 0 Å². The molecule has 4 nitrogen and oxygen atoms in total. The number of hydrogen-bond acceptors (Lipinski definition) is 2. The number of hydrogen-bond donors (Lipinski definition) is 1. The molecule has 0 amide bonds. The summed E-state index contributed by atoms with van der Waals surface area (Å²) < 4.78 is 5.98. The van der Waals surface area contributed by atoms with Gasteiger partial charge in [0.25, 0.3) is 0 Å². The minimum Gasteiger partial charge on any atom is -0.376 e. The molecule has 2 aromatic rings. The molecule has 1 aliphatic carbocycles. The number of nitrogens with zero attached hydrogens (tertiary/aromatic N) is 2. The Hall–Kier alpha value is -2.33. The predicted molar refractivity (Wildman–Crippen MR) is 119 cm³/mol. The molecule has 154 valence electrons. The van der Waals surface area contributed by atoms with E-state index in [-0.39, 0.29) is 0 Å². The molecule has 2 aromatic carbocycles. The number of nitrogens with one attached hydrogen (secondary N) is 1. The molecule has 3 atom stereocenters. The van der Waals surface area contributed by atoms with E-state index in [1.807, 2.05) is 6.07 Å². The highest BCUT2D eigenvalue weighted by Crippen LogP contribution is 2.47. The van der Waals surface area contributed by atoms with Gasteiger partial charge in [0.2, 0.25) is 0 Å². The van der Waals surface area contributed by atoms with Crippen molar-refractivity contribution in [1.29, 1.82) is 0 Å². The van der Waals surface area contributed by atoms with Gasteiger partial charge in [-0.25, -0.2) is 0 Å². The minimum atomic E-state index is 0.584. The molecule has 4 rings (SSSR count). The van der Waals surface area contributed by atoms with Crippen molar-refractivity contribution in [2.24, 2.45) is 16.8 Å². The van der Waals surface area contributed by atoms with E-state index < -0.39 is 0 Å². The van der Waals surface area contributed by atoms with E-state index in [1.54, 1.807) is 0 Å². The lowest BCUT2D eigenvalue weighted by Crippen LogP contribution is -2.40. The van der Waals surface area contributed by atoms with Gasteiger partial charge in [0, 0.05) is 32.1 Å². The van der Waals surface area contributed by atoms with Crippen LogP contribution in [0.1, 0.15) is 36.8 Å². The fourth-order valence-electron chi connectivity index (χ4n) is 4.27. The number of rotatable bonds is 8. The van der Waals surface area contributed by atoms with Gasteiger partial charge in [-0.05, 0) is 42.7 Å². The summed E-state index contributed by atoms with van der Waals surface area (Å²) in [4.78, 5) is 7.40. The Morgan fingerprint density at radius 3 is 2.62 bits per heavy atom. The van der Waals surface area contributed by atoms with E-state index in [0.29, 0.717) is 24.4 Å². The van der Waals surface area contributed by atoms with Gasteiger partial charge < -0.3 is 15.0 Å². The third kappa shape index (κ3) is 5.60. The number of benzene rings is 2. The molecule has 1 aliphatic heterocycles. The van der Waals surface area contributed by atoms with Crippen molar-refractivity contribution < 1.29 is 4.74 Å². The summed E-state index contributed by atoms with van der Waals surface area (Å²) in [6.45, 7) is 7.61. The zero-order valence-corrected chi connectivity index (χ0v) is 17.5. The topological polar surface area (TPSA) is 36.9 Å². The third-order valence-corrected chi connectivity index (χ3v) is 6.01. The SMILES string of the molecule is CCNC(=NCC1CC1c1ccccc1)N1CCC(COCc2ccccc2)C1. The summed E-state index contributed by atoms with van der Waals surface area (Å²) in [6, 6.07) is 21.3. The van der Waals surface area contributed by atoms with Crippen LogP contribution >= 0.6 is 0 Å². The van der Waals surface area contributed by atoms with Gasteiger partial charge in [-0.3, -0.25) is 4.99 Å². The highest BCUT2D eigenvalue weighted by molar-refractivity contribution is 5.80. The van der Waals surface area contributed by atoms with E-state index in [4.69, 9.17) is 9.73 Å². The molecule has 2 aliphatic rings. The Kier molecular flexibility index (Phi) is 6.83. The van der Waals surface area contributed by atoms with Crippen molar-refractivity contribution in [3.05, 3.63) is 71.8 Å². The smallest absolute Gasteiger partial charge is 0.193 e. The van der Waals surface area contributed by atoms with Crippen molar-refractivity contribution in [2.45, 2.75) is 32.3 Å². The first-order valence-corrected chi connectivity index (χ1v) is 11.0. The standard InChI is InChI=1S/C25H33N3O/c1-2-26-25(27-16-23-15-24(23)22-11-7-4-8-12-22)28-14-13-21(17-28)19-29-18-20-9-5-3-6-10-20/h3-12,21,23-24H,2,13-19H2,1H3,(H,26,27). The van der Waals surface area contributed by atoms with Gasteiger partial charge in [0.05, 0.1) is 13.2 Å². The van der Waals surface area contributed by atoms with E-state index in [1.165, 1.54) is 24.0 Å². The molecule has 0 radical (unpaired) electrons. The Morgan fingerprint density at radius 2 is 1.86 bits per heavy atom. The van der Waals surface area contributed by atoms with Crippen molar-refractivity contribution in [3.8, 4) is 0 Å². The molecule has 0 spiro atoms. The maximum atomic E-state index is 5.98. The Morgan fingerprint density at radius 1 is 1.10 bits per heavy atom. The highest BCUT2D eigenvalue weighted by atomic mass is 16.5. The average molecular weight is 392 g/mol. The Labute approximate surface area is 175 Å². The van der Waals surface area contributed by atoms with Gasteiger partial charge in [0.1, 0.15) is 0 Å². The van der Waals surface area contributed by atoms with Crippen molar-refractivity contribution >= 4 is 5.96 Å². The summed E-state index contributed by atoms with van der Waals surface area (Å²) in [7, 11) is 0. The first-order chi connectivity index (χ1) is 14.3. The zero-order chi connectivity index (χ0) is 19.9. The van der Waals surface area contributed by atoms with E-state index >= 15 is 0 Å². The molecule has 1 heterocycles. The Bertz CT molecular complexity index is 777. The van der Waals surface area contributed by atoms with Crippen LogP contribution in [0.25, 0.3) is 0 Å². The second kappa shape index (κ2) is 9.93. The summed E-state index contributed by atoms with van der Waals surface area (Å²) in [5, 5.41) is 3.50. The van der Waals surface area contributed by atoms with Crippen LogP contribution in [-0.2, 0) is 11.3 Å². The first kappa shape index (κ1) is 20.0. The fraction of sp³-hybridized carbons (Fsp3) is 0.480. The number of likely N-dealkylation sites (tertiary alicyclic amines) is 1. The predicted octanol–water partition coefficient (Wildman–Crippen LogP) is 4.29. The molecule has 1 saturated heterocycles. The molecular formula is C25H33N3O. The fourth-order valence-corrected chi connectivity index (χ4v) is 4.27. The zero-order valence-electron chi connectivity index (χ0n) is 17.5. The first-order valence-electron chi connectivity index (χ1n) is 11.0. The van der Waals surface area contributed by atoms with Crippen LogP contribution in [0.4, 0.5) is 0 Å².